The van der Waals surface area contributed by atoms with Gasteiger partial charge in [0.2, 0.25) is 5.95 Å². The third kappa shape index (κ3) is 13.6. The number of benzene rings is 2. The minimum atomic E-state index is -5.00. The number of aromatic nitrogens is 4. The monoisotopic (exact) mass is 1040 g/mol. The van der Waals surface area contributed by atoms with Gasteiger partial charge >= 0.3 is 24.8 Å². The summed E-state index contributed by atoms with van der Waals surface area (Å²) >= 11 is 0. The van der Waals surface area contributed by atoms with Crippen LogP contribution in [0.1, 0.15) is 100 Å². The van der Waals surface area contributed by atoms with Crippen molar-refractivity contribution in [2.75, 3.05) is 38.2 Å². The first-order valence-corrected chi connectivity index (χ1v) is 24.8. The number of nitrogens with one attached hydrogen (secondary N) is 2. The van der Waals surface area contributed by atoms with Crippen LogP contribution in [0.4, 0.5) is 41.5 Å². The number of nitrogens with zero attached hydrogens (tertiary/aromatic N) is 6. The van der Waals surface area contributed by atoms with E-state index in [1.54, 1.807) is 36.7 Å². The first-order valence-electron chi connectivity index (χ1n) is 24.8. The van der Waals surface area contributed by atoms with Crippen molar-refractivity contribution in [2.24, 2.45) is 22.8 Å². The van der Waals surface area contributed by atoms with Gasteiger partial charge in [-0.05, 0) is 101 Å². The second-order valence-electron chi connectivity index (χ2n) is 19.8. The van der Waals surface area contributed by atoms with Crippen molar-refractivity contribution in [1.29, 1.82) is 0 Å². The standard InChI is InChI=1S/C52H63F7N10O5/c1-51(2,52(57,58)59)46(65-50(72)73-3)44(70)24-35(21-32-13-10-31(11-14-32)12-15-33-25-63-49(64-26-33)67-29-37-16-17-38(30-67)69(37)36-7-6-8-36)45(74-47(71)42(61)9-4-5-19-60)28-62-27-39-40(53)22-34(23-41(39)54)43-18-20-68(66-43)48(55)56/h10-11,13-14,18,20,22-23,25-26,35-38,42,45-46,48,62H,4-9,16-17,19,21,24,27-30,60-61H2,1-3H3,(H,65,72)/t35-,37?,38?,42+,45+,46-/m1/s1. The van der Waals surface area contributed by atoms with Gasteiger partial charge < -0.3 is 36.5 Å². The minimum absolute atomic E-state index is 0.104. The van der Waals surface area contributed by atoms with E-state index >= 15 is 8.78 Å². The van der Waals surface area contributed by atoms with Gasteiger partial charge in [0.15, 0.2) is 5.78 Å². The highest BCUT2D eigenvalue weighted by Gasteiger charge is 2.56. The highest BCUT2D eigenvalue weighted by molar-refractivity contribution is 5.88. The van der Waals surface area contributed by atoms with E-state index < -0.39 is 96.8 Å². The van der Waals surface area contributed by atoms with Crippen LogP contribution in [-0.2, 0) is 32.0 Å². The van der Waals surface area contributed by atoms with Crippen LogP contribution in [0, 0.1) is 34.8 Å². The molecule has 6 N–H and O–H groups in total. The molecule has 0 spiro atoms. The van der Waals surface area contributed by atoms with E-state index in [1.165, 1.54) is 32.1 Å². The SMILES string of the molecule is COC(=O)N[C@H](C(=O)C[C@@H](Cc1ccc(C#Cc2cnc(N3CC4CCC(C3)N4C3CCC3)nc2)cc1)[C@H](CNCc1c(F)cc(-c2ccn(C(F)F)n2)cc1F)OC(=O)[C@@H](N)CCCCN)C(C)(C)C(F)(F)F. The molecule has 2 unspecified atom stereocenters. The number of esters is 1. The molecule has 22 heteroatoms. The maximum absolute atomic E-state index is 15.6. The molecule has 7 rings (SSSR count). The smallest absolute Gasteiger partial charge is 0.407 e. The lowest BCUT2D eigenvalue weighted by molar-refractivity contribution is -0.220. The predicted molar refractivity (Wildman–Crippen MR) is 260 cm³/mol. The summed E-state index contributed by atoms with van der Waals surface area (Å²) in [5, 5.41) is 8.55. The molecule has 2 aromatic carbocycles. The fourth-order valence-corrected chi connectivity index (χ4v) is 9.84. The van der Waals surface area contributed by atoms with Gasteiger partial charge in [-0.25, -0.2) is 28.2 Å². The molecule has 1 aliphatic carbocycles. The third-order valence-electron chi connectivity index (χ3n) is 14.4. The van der Waals surface area contributed by atoms with E-state index in [9.17, 15) is 36.3 Å². The number of Topliss-reactive ketones (excluding diaryl/α,β-unsaturated/α-hetero) is 1. The Morgan fingerprint density at radius 3 is 2.12 bits per heavy atom. The number of ether oxygens (including phenoxy) is 2. The van der Waals surface area contributed by atoms with Crippen LogP contribution < -0.4 is 27.0 Å². The van der Waals surface area contributed by atoms with E-state index in [0.717, 1.165) is 58.4 Å². The Balaban J connectivity index is 1.12. The zero-order valence-electron chi connectivity index (χ0n) is 41.5. The summed E-state index contributed by atoms with van der Waals surface area (Å²) in [6.45, 7) is -0.326. The molecule has 3 fully saturated rings. The summed E-state index contributed by atoms with van der Waals surface area (Å²) < 4.78 is 112. The number of ketones is 1. The van der Waals surface area contributed by atoms with Gasteiger partial charge in [-0.15, -0.1) is 0 Å². The molecule has 4 heterocycles. The summed E-state index contributed by atoms with van der Waals surface area (Å²) in [5.74, 6) is 1.54. The van der Waals surface area contributed by atoms with Crippen molar-refractivity contribution in [3.8, 4) is 23.1 Å². The molecule has 0 radical (unpaired) electrons. The summed E-state index contributed by atoms with van der Waals surface area (Å²) in [6, 6.07) is 8.09. The fraction of sp³-hybridized carbons (Fsp3) is 0.538. The van der Waals surface area contributed by atoms with Crippen LogP contribution in [0.5, 0.6) is 0 Å². The van der Waals surface area contributed by atoms with Gasteiger partial charge in [-0.1, -0.05) is 36.8 Å². The Morgan fingerprint density at radius 1 is 0.905 bits per heavy atom. The maximum atomic E-state index is 15.6. The topological polar surface area (TPSA) is 196 Å². The number of halogens is 7. The highest BCUT2D eigenvalue weighted by Crippen LogP contribution is 2.42. The number of alkyl halides is 5. The molecule has 2 aromatic heterocycles. The molecule has 6 atom stereocenters. The largest absolute Gasteiger partial charge is 0.460 e. The quantitative estimate of drug-likeness (QED) is 0.0267. The van der Waals surface area contributed by atoms with Crippen molar-refractivity contribution in [2.45, 2.75) is 134 Å². The van der Waals surface area contributed by atoms with Crippen LogP contribution in [0.25, 0.3) is 11.3 Å². The number of hydrogen-bond donors (Lipinski definition) is 4. The number of fused-ring (bicyclic) bond motifs is 2. The van der Waals surface area contributed by atoms with Gasteiger partial charge in [0.05, 0.1) is 23.8 Å². The molecule has 3 aliphatic rings. The minimum Gasteiger partial charge on any atom is -0.460 e. The van der Waals surface area contributed by atoms with Crippen LogP contribution in [0.2, 0.25) is 0 Å². The molecule has 2 bridgehead atoms. The molecular formula is C52H63F7N10O5. The summed E-state index contributed by atoms with van der Waals surface area (Å²) in [4.78, 5) is 54.6. The lowest BCUT2D eigenvalue weighted by atomic mass is 9.77. The van der Waals surface area contributed by atoms with Crippen LogP contribution >= 0.6 is 0 Å². The second kappa shape index (κ2) is 24.5. The lowest BCUT2D eigenvalue weighted by Gasteiger charge is -2.48. The van der Waals surface area contributed by atoms with Crippen molar-refractivity contribution >= 4 is 23.8 Å². The maximum Gasteiger partial charge on any atom is 0.407 e. The van der Waals surface area contributed by atoms with Gasteiger partial charge in [0, 0.05) is 91.9 Å². The number of hydrogen-bond acceptors (Lipinski definition) is 13. The van der Waals surface area contributed by atoms with Crippen molar-refractivity contribution < 1.29 is 54.6 Å². The number of amides is 1. The Bertz CT molecular complexity index is 2580. The zero-order chi connectivity index (χ0) is 53.3. The molecule has 2 saturated heterocycles. The molecule has 1 amide bonds. The average Bonchev–Trinajstić information content (AvgIpc) is 3.94. The highest BCUT2D eigenvalue weighted by atomic mass is 19.4. The van der Waals surface area contributed by atoms with E-state index in [0.29, 0.717) is 64.8 Å². The fourth-order valence-electron chi connectivity index (χ4n) is 9.84. The molecule has 74 heavy (non-hydrogen) atoms. The molecule has 4 aromatic rings. The normalized spacial score (nSPS) is 18.7. The number of nitrogens with two attached hydrogens (primary N) is 2. The van der Waals surface area contributed by atoms with Crippen molar-refractivity contribution in [3.05, 3.63) is 94.9 Å². The summed E-state index contributed by atoms with van der Waals surface area (Å²) in [7, 11) is 0.928. The second-order valence-corrected chi connectivity index (χ2v) is 19.8. The Morgan fingerprint density at radius 2 is 1.55 bits per heavy atom. The van der Waals surface area contributed by atoms with Crippen LogP contribution in [0.15, 0.2) is 61.1 Å². The number of alkyl carbamates (subject to hydrolysis) is 1. The molecule has 15 nitrogen and oxygen atoms in total. The van der Waals surface area contributed by atoms with Crippen molar-refractivity contribution in [1.82, 2.24) is 35.3 Å². The third-order valence-corrected chi connectivity index (χ3v) is 14.4. The molecular weight excluding hydrogens is 978 g/mol. The van der Waals surface area contributed by atoms with E-state index in [-0.39, 0.29) is 24.1 Å². The number of carbonyl (C=O) groups excluding carboxylic acids is 3. The van der Waals surface area contributed by atoms with Gasteiger partial charge in [0.1, 0.15) is 29.8 Å². The number of rotatable bonds is 22. The van der Waals surface area contributed by atoms with Gasteiger partial charge in [-0.3, -0.25) is 14.5 Å². The van der Waals surface area contributed by atoms with Crippen LogP contribution in [0.3, 0.4) is 0 Å². The van der Waals surface area contributed by atoms with Crippen molar-refractivity contribution in [3.63, 3.8) is 0 Å². The molecule has 400 valence electrons. The first-order chi connectivity index (χ1) is 35.3. The molecule has 1 saturated carbocycles. The van der Waals surface area contributed by atoms with E-state index in [4.69, 9.17) is 16.2 Å². The number of carbonyl (C=O) groups is 3. The molecule has 2 aliphatic heterocycles. The summed E-state index contributed by atoms with van der Waals surface area (Å²) in [6.07, 6.45) is 3.15. The number of anilines is 1. The van der Waals surface area contributed by atoms with E-state index in [2.05, 4.69) is 46.8 Å². The zero-order valence-corrected chi connectivity index (χ0v) is 41.5. The predicted octanol–water partition coefficient (Wildman–Crippen LogP) is 7.21. The number of unbranched alkanes of at least 4 members (excludes halogenated alkanes) is 1. The average molecular weight is 1040 g/mol. The first kappa shape index (κ1) is 55.6. The van der Waals surface area contributed by atoms with E-state index in [1.807, 2.05) is 5.32 Å². The summed E-state index contributed by atoms with van der Waals surface area (Å²) in [5.41, 5.74) is 9.99. The van der Waals surface area contributed by atoms with Gasteiger partial charge in [0.25, 0.3) is 0 Å². The number of methoxy groups -OCH3 is 1. The van der Waals surface area contributed by atoms with Gasteiger partial charge in [-0.2, -0.15) is 27.1 Å². The Kier molecular flexibility index (Phi) is 18.4. The van der Waals surface area contributed by atoms with Crippen LogP contribution in [-0.4, -0.2) is 118 Å². The lowest BCUT2D eigenvalue weighted by Crippen LogP contribution is -2.59. The Labute approximate surface area is 425 Å². The number of piperazine rings is 1. The Hall–Kier alpha value is -6.15.